The number of hydrogen-bond donors (Lipinski definition) is 3. The van der Waals surface area contributed by atoms with E-state index in [-0.39, 0.29) is 16.9 Å². The first-order valence-electron chi connectivity index (χ1n) is 8.27. The Morgan fingerprint density at radius 3 is 2.54 bits per heavy atom. The average Bonchev–Trinajstić information content (AvgIpc) is 2.62. The molecule has 2 amide bonds. The first-order chi connectivity index (χ1) is 12.5. The van der Waals surface area contributed by atoms with Crippen LogP contribution < -0.4 is 20.7 Å². The van der Waals surface area contributed by atoms with Crippen LogP contribution >= 0.6 is 12.2 Å². The van der Waals surface area contributed by atoms with Crippen molar-refractivity contribution in [2.24, 2.45) is 0 Å². The van der Waals surface area contributed by atoms with Crippen molar-refractivity contribution in [2.75, 3.05) is 18.5 Å². The van der Waals surface area contributed by atoms with Crippen molar-refractivity contribution in [3.05, 3.63) is 59.7 Å². The Hall–Kier alpha value is -2.93. The van der Waals surface area contributed by atoms with E-state index in [1.165, 1.54) is 0 Å². The third-order valence-electron chi connectivity index (χ3n) is 3.39. The zero-order chi connectivity index (χ0) is 18.9. The molecule has 0 bridgehead atoms. The van der Waals surface area contributed by atoms with Gasteiger partial charge in [0, 0.05) is 12.1 Å². The van der Waals surface area contributed by atoms with Gasteiger partial charge in [-0.15, -0.1) is 0 Å². The molecule has 0 radical (unpaired) electrons. The van der Waals surface area contributed by atoms with Gasteiger partial charge in [-0.2, -0.15) is 0 Å². The summed E-state index contributed by atoms with van der Waals surface area (Å²) in [5, 5.41) is 8.35. The second kappa shape index (κ2) is 9.53. The molecule has 0 atom stereocenters. The number of anilines is 1. The lowest BCUT2D eigenvalue weighted by Crippen LogP contribution is -2.35. The number of hydrogen-bond acceptors (Lipinski definition) is 4. The summed E-state index contributed by atoms with van der Waals surface area (Å²) in [7, 11) is 0. The summed E-state index contributed by atoms with van der Waals surface area (Å²) >= 11 is 5.20. The van der Waals surface area contributed by atoms with Crippen LogP contribution in [-0.4, -0.2) is 30.1 Å². The van der Waals surface area contributed by atoms with Gasteiger partial charge in [0.1, 0.15) is 5.75 Å². The standard InChI is InChI=1S/C19H21N3O3S/c1-3-20-18(24)15-10-5-6-11-16(15)21-19(26)22-17(23)13-8-7-9-14(12-13)25-4-2/h5-12H,3-4H2,1-2H3,(H,20,24)(H2,21,22,23,26). The predicted molar refractivity (Wildman–Crippen MR) is 106 cm³/mol. The Bertz CT molecular complexity index is 808. The lowest BCUT2D eigenvalue weighted by Gasteiger charge is -2.13. The van der Waals surface area contributed by atoms with Gasteiger partial charge in [0.25, 0.3) is 11.8 Å². The molecule has 0 saturated heterocycles. The molecule has 0 fully saturated rings. The summed E-state index contributed by atoms with van der Waals surface area (Å²) in [5.74, 6) is 0.0364. The number of para-hydroxylation sites is 1. The minimum atomic E-state index is -0.362. The highest BCUT2D eigenvalue weighted by Crippen LogP contribution is 2.16. The molecule has 26 heavy (non-hydrogen) atoms. The molecule has 2 aromatic rings. The van der Waals surface area contributed by atoms with Gasteiger partial charge in [-0.25, -0.2) is 0 Å². The van der Waals surface area contributed by atoms with Gasteiger partial charge in [-0.1, -0.05) is 18.2 Å². The van der Waals surface area contributed by atoms with Gasteiger partial charge >= 0.3 is 0 Å². The molecule has 0 saturated carbocycles. The van der Waals surface area contributed by atoms with Crippen LogP contribution in [-0.2, 0) is 0 Å². The minimum Gasteiger partial charge on any atom is -0.494 e. The second-order valence-electron chi connectivity index (χ2n) is 5.27. The van der Waals surface area contributed by atoms with E-state index in [1.54, 1.807) is 48.5 Å². The molecule has 0 aliphatic rings. The van der Waals surface area contributed by atoms with E-state index in [2.05, 4.69) is 16.0 Å². The van der Waals surface area contributed by atoms with Gasteiger partial charge in [0.2, 0.25) is 0 Å². The zero-order valence-electron chi connectivity index (χ0n) is 14.7. The highest BCUT2D eigenvalue weighted by atomic mass is 32.1. The largest absolute Gasteiger partial charge is 0.494 e. The maximum atomic E-state index is 12.3. The first-order valence-corrected chi connectivity index (χ1v) is 8.68. The van der Waals surface area contributed by atoms with E-state index < -0.39 is 0 Å². The van der Waals surface area contributed by atoms with E-state index in [4.69, 9.17) is 17.0 Å². The third kappa shape index (κ3) is 5.29. The van der Waals surface area contributed by atoms with Crippen LogP contribution in [0.3, 0.4) is 0 Å². The van der Waals surface area contributed by atoms with Crippen LogP contribution in [0, 0.1) is 0 Å². The third-order valence-corrected chi connectivity index (χ3v) is 3.60. The normalized spacial score (nSPS) is 9.92. The summed E-state index contributed by atoms with van der Waals surface area (Å²) in [6, 6.07) is 13.8. The molecule has 2 rings (SSSR count). The fraction of sp³-hybridized carbons (Fsp3) is 0.211. The number of carbonyl (C=O) groups excluding carboxylic acids is 2. The number of ether oxygens (including phenoxy) is 1. The summed E-state index contributed by atoms with van der Waals surface area (Å²) in [6.07, 6.45) is 0. The molecular formula is C19H21N3O3S. The average molecular weight is 371 g/mol. The molecule has 0 aliphatic carbocycles. The molecule has 6 nitrogen and oxygen atoms in total. The molecular weight excluding hydrogens is 350 g/mol. The molecule has 136 valence electrons. The minimum absolute atomic E-state index is 0.105. The summed E-state index contributed by atoms with van der Waals surface area (Å²) in [4.78, 5) is 24.4. The first kappa shape index (κ1) is 19.4. The van der Waals surface area contributed by atoms with Gasteiger partial charge in [0.05, 0.1) is 17.9 Å². The Labute approximate surface area is 157 Å². The van der Waals surface area contributed by atoms with E-state index in [0.717, 1.165) is 0 Å². The molecule has 0 aromatic heterocycles. The zero-order valence-corrected chi connectivity index (χ0v) is 15.5. The van der Waals surface area contributed by atoms with Crippen LogP contribution in [0.4, 0.5) is 5.69 Å². The van der Waals surface area contributed by atoms with E-state index >= 15 is 0 Å². The Morgan fingerprint density at radius 1 is 1.04 bits per heavy atom. The lowest BCUT2D eigenvalue weighted by molar-refractivity contribution is 0.0954. The molecule has 3 N–H and O–H groups in total. The highest BCUT2D eigenvalue weighted by Gasteiger charge is 2.13. The molecule has 2 aromatic carbocycles. The van der Waals surface area contributed by atoms with Crippen LogP contribution in [0.2, 0.25) is 0 Å². The maximum Gasteiger partial charge on any atom is 0.257 e. The number of carbonyl (C=O) groups is 2. The van der Waals surface area contributed by atoms with Crippen molar-refractivity contribution in [1.82, 2.24) is 10.6 Å². The second-order valence-corrected chi connectivity index (χ2v) is 5.68. The van der Waals surface area contributed by atoms with E-state index in [0.29, 0.717) is 35.7 Å². The summed E-state index contributed by atoms with van der Waals surface area (Å²) in [5.41, 5.74) is 1.40. The van der Waals surface area contributed by atoms with Crippen molar-refractivity contribution in [3.63, 3.8) is 0 Å². The van der Waals surface area contributed by atoms with Crippen LogP contribution in [0.15, 0.2) is 48.5 Å². The monoisotopic (exact) mass is 371 g/mol. The summed E-state index contributed by atoms with van der Waals surface area (Å²) < 4.78 is 5.39. The Balaban J connectivity index is 2.06. The maximum absolute atomic E-state index is 12.3. The van der Waals surface area contributed by atoms with Crippen molar-refractivity contribution < 1.29 is 14.3 Å². The van der Waals surface area contributed by atoms with Crippen molar-refractivity contribution in [1.29, 1.82) is 0 Å². The molecule has 0 heterocycles. The molecule has 0 unspecified atom stereocenters. The number of benzene rings is 2. The van der Waals surface area contributed by atoms with Crippen molar-refractivity contribution >= 4 is 34.8 Å². The van der Waals surface area contributed by atoms with Crippen molar-refractivity contribution in [2.45, 2.75) is 13.8 Å². The molecule has 7 heteroatoms. The Morgan fingerprint density at radius 2 is 1.81 bits per heavy atom. The van der Waals surface area contributed by atoms with E-state index in [9.17, 15) is 9.59 Å². The lowest BCUT2D eigenvalue weighted by atomic mass is 10.1. The number of amides is 2. The predicted octanol–water partition coefficient (Wildman–Crippen LogP) is 2.96. The van der Waals surface area contributed by atoms with E-state index in [1.807, 2.05) is 13.8 Å². The van der Waals surface area contributed by atoms with Gasteiger partial charge in [-0.3, -0.25) is 14.9 Å². The Kier molecular flexibility index (Phi) is 7.11. The van der Waals surface area contributed by atoms with Crippen LogP contribution in [0.1, 0.15) is 34.6 Å². The number of nitrogens with one attached hydrogen (secondary N) is 3. The van der Waals surface area contributed by atoms with Gasteiger partial charge in [-0.05, 0) is 56.4 Å². The molecule has 0 spiro atoms. The van der Waals surface area contributed by atoms with Crippen LogP contribution in [0.25, 0.3) is 0 Å². The smallest absolute Gasteiger partial charge is 0.257 e. The van der Waals surface area contributed by atoms with Gasteiger partial charge in [0.15, 0.2) is 5.11 Å². The summed E-state index contributed by atoms with van der Waals surface area (Å²) in [6.45, 7) is 4.75. The highest BCUT2D eigenvalue weighted by molar-refractivity contribution is 7.80. The SMILES string of the molecule is CCNC(=O)c1ccccc1NC(=S)NC(=O)c1cccc(OCC)c1. The number of thiocarbonyl (C=S) groups is 1. The fourth-order valence-electron chi connectivity index (χ4n) is 2.27. The fourth-order valence-corrected chi connectivity index (χ4v) is 2.47. The number of rotatable bonds is 6. The topological polar surface area (TPSA) is 79.5 Å². The van der Waals surface area contributed by atoms with Crippen LogP contribution in [0.5, 0.6) is 5.75 Å². The van der Waals surface area contributed by atoms with Crippen molar-refractivity contribution in [3.8, 4) is 5.75 Å². The quantitative estimate of drug-likeness (QED) is 0.681. The van der Waals surface area contributed by atoms with Gasteiger partial charge < -0.3 is 15.4 Å². The molecule has 0 aliphatic heterocycles.